The zero-order chi connectivity index (χ0) is 25.4. The van der Waals surface area contributed by atoms with Gasteiger partial charge in [-0.1, -0.05) is 13.0 Å². The molecule has 1 aromatic heterocycles. The van der Waals surface area contributed by atoms with Gasteiger partial charge in [-0.2, -0.15) is 23.5 Å². The molecule has 1 saturated carbocycles. The van der Waals surface area contributed by atoms with E-state index in [0.717, 1.165) is 71.3 Å². The summed E-state index contributed by atoms with van der Waals surface area (Å²) >= 11 is 3.87. The van der Waals surface area contributed by atoms with Crippen LogP contribution >= 0.6 is 29.4 Å². The van der Waals surface area contributed by atoms with Gasteiger partial charge in [0, 0.05) is 29.8 Å². The van der Waals surface area contributed by atoms with Crippen molar-refractivity contribution < 1.29 is 9.47 Å². The van der Waals surface area contributed by atoms with Gasteiger partial charge in [0.05, 0.1) is 35.2 Å². The summed E-state index contributed by atoms with van der Waals surface area (Å²) in [6.45, 7) is 10.6. The van der Waals surface area contributed by atoms with Crippen molar-refractivity contribution in [2.24, 2.45) is 10.9 Å². The van der Waals surface area contributed by atoms with E-state index in [2.05, 4.69) is 51.7 Å². The van der Waals surface area contributed by atoms with E-state index >= 15 is 0 Å². The van der Waals surface area contributed by atoms with Gasteiger partial charge < -0.3 is 14.4 Å². The predicted molar refractivity (Wildman–Crippen MR) is 163 cm³/mol. The van der Waals surface area contributed by atoms with E-state index in [1.54, 1.807) is 0 Å². The average Bonchev–Trinajstić information content (AvgIpc) is 3.62. The maximum atomic E-state index is 6.46. The van der Waals surface area contributed by atoms with E-state index in [9.17, 15) is 0 Å². The summed E-state index contributed by atoms with van der Waals surface area (Å²) in [6.07, 6.45) is 13.9. The Morgan fingerprint density at radius 1 is 1.16 bits per heavy atom. The van der Waals surface area contributed by atoms with Crippen molar-refractivity contribution in [2.45, 2.75) is 76.8 Å². The second kappa shape index (κ2) is 12.0. The van der Waals surface area contributed by atoms with Crippen molar-refractivity contribution in [3.05, 3.63) is 21.8 Å². The minimum Gasteiger partial charge on any atom is -0.461 e. The van der Waals surface area contributed by atoms with E-state index in [-0.39, 0.29) is 19.0 Å². The van der Waals surface area contributed by atoms with Crippen LogP contribution in [0.5, 0.6) is 6.01 Å². The topological polar surface area (TPSA) is 63.1 Å². The van der Waals surface area contributed by atoms with Crippen LogP contribution in [0, 0.1) is 5.92 Å². The lowest BCUT2D eigenvalue weighted by Gasteiger charge is -2.32. The molecule has 1 atom stereocenters. The molecule has 4 fully saturated rings. The Bertz CT molecular complexity index is 1100. The maximum Gasteiger partial charge on any atom is 0.319 e. The van der Waals surface area contributed by atoms with Crippen LogP contribution in [-0.4, -0.2) is 78.2 Å². The number of fused-ring (bicyclic) bond motifs is 2. The molecule has 1 unspecified atom stereocenters. The van der Waals surface area contributed by atoms with Crippen molar-refractivity contribution in [2.75, 3.05) is 50.9 Å². The van der Waals surface area contributed by atoms with Crippen molar-refractivity contribution >= 4 is 52.6 Å². The number of anilines is 1. The van der Waals surface area contributed by atoms with Gasteiger partial charge in [-0.05, 0) is 99.3 Å². The molecule has 0 spiro atoms. The fourth-order valence-corrected chi connectivity index (χ4v) is 7.28. The van der Waals surface area contributed by atoms with Crippen molar-refractivity contribution in [1.82, 2.24) is 14.9 Å². The lowest BCUT2D eigenvalue weighted by atomic mass is 9.93. The highest BCUT2D eigenvalue weighted by Crippen LogP contribution is 2.43. The van der Waals surface area contributed by atoms with Gasteiger partial charge >= 0.3 is 6.01 Å². The molecule has 3 aliphatic heterocycles. The number of nitrogens with zero attached hydrogens (tertiary/aromatic N) is 5. The number of ether oxygens (including phenoxy) is 2. The molecule has 6 rings (SSSR count). The lowest BCUT2D eigenvalue weighted by molar-refractivity contribution is 0.107. The Morgan fingerprint density at radius 3 is 2.66 bits per heavy atom. The van der Waals surface area contributed by atoms with Crippen LogP contribution in [0.4, 0.5) is 5.82 Å². The van der Waals surface area contributed by atoms with Crippen LogP contribution in [0.15, 0.2) is 15.6 Å². The number of aromatic nitrogens is 2. The van der Waals surface area contributed by atoms with Crippen molar-refractivity contribution in [3.63, 3.8) is 0 Å². The van der Waals surface area contributed by atoms with Gasteiger partial charge in [-0.15, -0.1) is 0 Å². The molecular formula is C29H42BrN5O2S. The molecule has 0 N–H and O–H groups in total. The summed E-state index contributed by atoms with van der Waals surface area (Å²) in [5.74, 6) is 1.67. The van der Waals surface area contributed by atoms with Crippen molar-refractivity contribution in [3.8, 4) is 6.01 Å². The first-order valence-corrected chi connectivity index (χ1v) is 15.2. The Labute approximate surface area is 242 Å². The summed E-state index contributed by atoms with van der Waals surface area (Å²) in [4.78, 5) is 20.4. The van der Waals surface area contributed by atoms with Crippen LogP contribution < -0.4 is 9.64 Å². The van der Waals surface area contributed by atoms with E-state index < -0.39 is 0 Å². The Morgan fingerprint density at radius 2 is 1.95 bits per heavy atom. The molecule has 7 nitrogen and oxygen atoms in total. The highest BCUT2D eigenvalue weighted by atomic mass is 79.9. The normalized spacial score (nSPS) is 26.0. The van der Waals surface area contributed by atoms with Gasteiger partial charge in [0.2, 0.25) is 0 Å². The third-order valence-electron chi connectivity index (χ3n) is 8.88. The number of halogens is 1. The molecule has 3 saturated heterocycles. The molecule has 0 aromatic carbocycles. The molecule has 9 heteroatoms. The lowest BCUT2D eigenvalue weighted by Crippen LogP contribution is -2.43. The first-order valence-electron chi connectivity index (χ1n) is 14.4. The molecule has 38 heavy (non-hydrogen) atoms. The van der Waals surface area contributed by atoms with E-state index in [1.165, 1.54) is 51.6 Å². The van der Waals surface area contributed by atoms with E-state index in [4.69, 9.17) is 24.4 Å². The molecule has 0 bridgehead atoms. The van der Waals surface area contributed by atoms with E-state index in [1.807, 2.05) is 0 Å². The van der Waals surface area contributed by atoms with Crippen LogP contribution in [0.25, 0.3) is 11.6 Å². The SMILES string of the molecule is C/C=C1\C(=NC(CC)C2CC2)C(Br)=Cc2nc(OCC34CCCN3CCC4)nc(N3CCCOCC3)c21.S. The van der Waals surface area contributed by atoms with Gasteiger partial charge in [0.1, 0.15) is 12.4 Å². The maximum absolute atomic E-state index is 6.46. The standard InChI is InChI=1S/C29H40BrN5O2.H2S/c1-3-21-25-24(18-22(30)26(21)31-23(4-2)20-8-9-20)32-28(33-27(25)34-12-7-16-36-17-15-34)37-19-29-10-5-13-35(29)14-6-11-29;/h3,18,20,23H,4-17,19H2,1-2H3;1H2/b21-3-,31-26?;. The number of hydrogen-bond acceptors (Lipinski definition) is 7. The highest BCUT2D eigenvalue weighted by molar-refractivity contribution is 9.12. The Kier molecular flexibility index (Phi) is 8.87. The summed E-state index contributed by atoms with van der Waals surface area (Å²) in [6, 6.07) is 0.856. The van der Waals surface area contributed by atoms with Gasteiger partial charge in [0.15, 0.2) is 0 Å². The summed E-state index contributed by atoms with van der Waals surface area (Å²) in [5.41, 5.74) is 4.30. The molecule has 4 heterocycles. The van der Waals surface area contributed by atoms with Gasteiger partial charge in [-0.25, -0.2) is 0 Å². The molecule has 208 valence electrons. The van der Waals surface area contributed by atoms with Gasteiger partial charge in [0.25, 0.3) is 0 Å². The highest BCUT2D eigenvalue weighted by Gasteiger charge is 2.45. The van der Waals surface area contributed by atoms with Crippen molar-refractivity contribution in [1.29, 1.82) is 0 Å². The molecular weight excluding hydrogens is 562 g/mol. The molecule has 0 amide bonds. The zero-order valence-electron chi connectivity index (χ0n) is 22.8. The van der Waals surface area contributed by atoms with Crippen LogP contribution in [0.3, 0.4) is 0 Å². The number of allylic oxidation sites excluding steroid dienone is 3. The first kappa shape index (κ1) is 28.1. The fourth-order valence-electron chi connectivity index (χ4n) is 6.74. The fraction of sp³-hybridized carbons (Fsp3) is 0.690. The first-order chi connectivity index (χ1) is 18.1. The smallest absolute Gasteiger partial charge is 0.319 e. The Balaban J connectivity index is 0.00000294. The number of rotatable bonds is 7. The third kappa shape index (κ3) is 5.45. The quantitative estimate of drug-likeness (QED) is 0.404. The molecule has 1 aromatic rings. The molecule has 5 aliphatic rings. The molecule has 0 radical (unpaired) electrons. The van der Waals surface area contributed by atoms with Crippen LogP contribution in [0.1, 0.15) is 76.5 Å². The number of aliphatic imine (C=N–C) groups is 1. The minimum absolute atomic E-state index is 0. The third-order valence-corrected chi connectivity index (χ3v) is 9.49. The second-order valence-corrected chi connectivity index (χ2v) is 12.1. The average molecular weight is 605 g/mol. The summed E-state index contributed by atoms with van der Waals surface area (Å²) < 4.78 is 13.3. The summed E-state index contributed by atoms with van der Waals surface area (Å²) in [7, 11) is 0. The minimum atomic E-state index is 0. The monoisotopic (exact) mass is 603 g/mol. The number of hydrogen-bond donors (Lipinski definition) is 0. The summed E-state index contributed by atoms with van der Waals surface area (Å²) in [5, 5.41) is 0. The predicted octanol–water partition coefficient (Wildman–Crippen LogP) is 5.61. The largest absolute Gasteiger partial charge is 0.461 e. The second-order valence-electron chi connectivity index (χ2n) is 11.2. The van der Waals surface area contributed by atoms with Gasteiger partial charge in [-0.3, -0.25) is 9.89 Å². The van der Waals surface area contributed by atoms with Crippen LogP contribution in [-0.2, 0) is 4.74 Å². The van der Waals surface area contributed by atoms with E-state index in [0.29, 0.717) is 25.3 Å². The Hall–Kier alpha value is -1.42. The zero-order valence-corrected chi connectivity index (χ0v) is 25.4. The van der Waals surface area contributed by atoms with Crippen LogP contribution in [0.2, 0.25) is 0 Å². The molecule has 2 aliphatic carbocycles.